The number of rotatable bonds is 10. The summed E-state index contributed by atoms with van der Waals surface area (Å²) in [6.45, 7) is 8.10. The zero-order valence-corrected chi connectivity index (χ0v) is 23.1. The topological polar surface area (TPSA) is 111 Å². The molecule has 0 radical (unpaired) electrons. The molecule has 2 atom stereocenters. The third-order valence-electron chi connectivity index (χ3n) is 7.89. The highest BCUT2D eigenvalue weighted by Crippen LogP contribution is 2.64. The molecule has 2 aliphatic rings. The second-order valence-corrected chi connectivity index (χ2v) is 12.3. The number of sulfonamides is 1. The van der Waals surface area contributed by atoms with Gasteiger partial charge >= 0.3 is 0 Å². The number of ketones is 1. The first-order valence-corrected chi connectivity index (χ1v) is 14.5. The monoisotopic (exact) mass is 548 g/mol. The van der Waals surface area contributed by atoms with Crippen LogP contribution in [0.5, 0.6) is 11.5 Å². The predicted octanol–water partition coefficient (Wildman–Crippen LogP) is 5.53. The van der Waals surface area contributed by atoms with Gasteiger partial charge in [-0.15, -0.1) is 0 Å². The molecule has 2 aliphatic carbocycles. The van der Waals surface area contributed by atoms with Gasteiger partial charge in [-0.25, -0.2) is 8.42 Å². The summed E-state index contributed by atoms with van der Waals surface area (Å²) in [5.74, 6) is -0.0120. The Morgan fingerprint density at radius 2 is 1.70 bits per heavy atom. The van der Waals surface area contributed by atoms with Crippen molar-refractivity contribution in [2.75, 3.05) is 29.0 Å². The molecule has 4 rings (SSSR count). The van der Waals surface area contributed by atoms with E-state index in [-0.39, 0.29) is 58.8 Å². The van der Waals surface area contributed by atoms with E-state index in [1.165, 1.54) is 12.1 Å². The van der Waals surface area contributed by atoms with Crippen molar-refractivity contribution in [1.82, 2.24) is 0 Å². The molecule has 2 saturated carbocycles. The second kappa shape index (κ2) is 10.2. The Balaban J connectivity index is 1.66. The Morgan fingerprint density at radius 1 is 1.08 bits per heavy atom. The SMILES string of the molecule is CCOc1cc(NS(=O)(=O)C[C@]23CC[C@H](CC2=O)C3(C)C)c(OCC)cc1NC(=O)c1ccccc1Cl. The predicted molar refractivity (Wildman–Crippen MR) is 144 cm³/mol. The fraction of sp³-hybridized carbons (Fsp3) is 0.481. The number of carbonyl (C=O) groups is 2. The van der Waals surface area contributed by atoms with E-state index in [4.69, 9.17) is 21.1 Å². The van der Waals surface area contributed by atoms with Crippen LogP contribution in [0, 0.1) is 16.7 Å². The number of anilines is 2. The van der Waals surface area contributed by atoms with Gasteiger partial charge in [0.2, 0.25) is 10.0 Å². The fourth-order valence-corrected chi connectivity index (χ4v) is 7.87. The number of hydrogen-bond donors (Lipinski definition) is 2. The number of carbonyl (C=O) groups excluding carboxylic acids is 2. The molecule has 0 heterocycles. The van der Waals surface area contributed by atoms with Gasteiger partial charge in [-0.3, -0.25) is 14.3 Å². The summed E-state index contributed by atoms with van der Waals surface area (Å²) in [4.78, 5) is 25.8. The van der Waals surface area contributed by atoms with E-state index in [1.54, 1.807) is 38.1 Å². The van der Waals surface area contributed by atoms with Crippen LogP contribution in [0.15, 0.2) is 36.4 Å². The molecule has 2 fully saturated rings. The summed E-state index contributed by atoms with van der Waals surface area (Å²) >= 11 is 6.17. The maximum atomic E-state index is 13.4. The lowest BCUT2D eigenvalue weighted by Gasteiger charge is -2.36. The molecular formula is C27H33ClN2O6S. The van der Waals surface area contributed by atoms with Crippen molar-refractivity contribution in [1.29, 1.82) is 0 Å². The molecule has 2 aromatic rings. The van der Waals surface area contributed by atoms with Crippen LogP contribution in [0.4, 0.5) is 11.4 Å². The average Bonchev–Trinajstić information content (AvgIpc) is 3.16. The van der Waals surface area contributed by atoms with E-state index < -0.39 is 21.3 Å². The molecule has 2 N–H and O–H groups in total. The van der Waals surface area contributed by atoms with Crippen LogP contribution in [-0.4, -0.2) is 39.1 Å². The number of nitrogens with one attached hydrogen (secondary N) is 2. The quantitative estimate of drug-likeness (QED) is 0.404. The Kier molecular flexibility index (Phi) is 7.50. The highest BCUT2D eigenvalue weighted by atomic mass is 35.5. The molecule has 37 heavy (non-hydrogen) atoms. The molecule has 0 unspecified atom stereocenters. The molecule has 10 heteroatoms. The largest absolute Gasteiger partial charge is 0.492 e. The van der Waals surface area contributed by atoms with E-state index in [9.17, 15) is 18.0 Å². The van der Waals surface area contributed by atoms with Gasteiger partial charge in [0.05, 0.1) is 46.3 Å². The van der Waals surface area contributed by atoms with Crippen molar-refractivity contribution < 1.29 is 27.5 Å². The summed E-state index contributed by atoms with van der Waals surface area (Å²) in [5.41, 5.74) is -0.517. The minimum Gasteiger partial charge on any atom is -0.492 e. The Morgan fingerprint density at radius 3 is 2.27 bits per heavy atom. The van der Waals surface area contributed by atoms with Crippen molar-refractivity contribution >= 4 is 44.7 Å². The van der Waals surface area contributed by atoms with Gasteiger partial charge < -0.3 is 14.8 Å². The second-order valence-electron chi connectivity index (χ2n) is 10.2. The number of fused-ring (bicyclic) bond motifs is 2. The Bertz CT molecular complexity index is 1330. The average molecular weight is 549 g/mol. The lowest BCUT2D eigenvalue weighted by molar-refractivity contribution is -0.128. The van der Waals surface area contributed by atoms with Gasteiger partial charge in [-0.05, 0) is 50.2 Å². The van der Waals surface area contributed by atoms with E-state index in [1.807, 2.05) is 13.8 Å². The lowest BCUT2D eigenvalue weighted by atomic mass is 9.70. The van der Waals surface area contributed by atoms with Crippen molar-refractivity contribution in [3.05, 3.63) is 47.0 Å². The standard InChI is InChI=1S/C27H33ClN2O6S/c1-5-35-22-15-21(30-37(33,34)16-27-12-11-17(13-24(27)31)26(27,3)4)23(36-6-2)14-20(22)29-25(32)18-9-7-8-10-19(18)28/h7-10,14-15,17,30H,5-6,11-13,16H2,1-4H3,(H,29,32)/t17-,27-/m1/s1. The Labute approximate surface area is 223 Å². The van der Waals surface area contributed by atoms with Crippen LogP contribution >= 0.6 is 11.6 Å². The fourth-order valence-electron chi connectivity index (χ4n) is 5.76. The number of Topliss-reactive ketones (excluding diaryl/α,β-unsaturated/α-hetero) is 1. The molecule has 0 aliphatic heterocycles. The van der Waals surface area contributed by atoms with Gasteiger partial charge in [0.15, 0.2) is 0 Å². The molecule has 0 saturated heterocycles. The molecule has 0 aromatic heterocycles. The highest BCUT2D eigenvalue weighted by Gasteiger charge is 2.65. The molecule has 0 spiro atoms. The van der Waals surface area contributed by atoms with Crippen LogP contribution in [0.25, 0.3) is 0 Å². The van der Waals surface area contributed by atoms with Crippen LogP contribution in [0.1, 0.15) is 57.3 Å². The number of halogens is 1. The molecule has 8 nitrogen and oxygen atoms in total. The molecule has 2 bridgehead atoms. The zero-order chi connectivity index (χ0) is 27.0. The normalized spacial score (nSPS) is 22.1. The molecule has 1 amide bonds. The van der Waals surface area contributed by atoms with Gasteiger partial charge in [0.25, 0.3) is 5.91 Å². The van der Waals surface area contributed by atoms with Gasteiger partial charge in [0.1, 0.15) is 17.3 Å². The maximum Gasteiger partial charge on any atom is 0.257 e. The van der Waals surface area contributed by atoms with Gasteiger partial charge in [0, 0.05) is 18.6 Å². The first kappa shape index (κ1) is 27.3. The lowest BCUT2D eigenvalue weighted by Crippen LogP contribution is -2.43. The molecule has 2 aromatic carbocycles. The first-order valence-electron chi connectivity index (χ1n) is 12.5. The van der Waals surface area contributed by atoms with Crippen molar-refractivity contribution in [3.8, 4) is 11.5 Å². The van der Waals surface area contributed by atoms with E-state index in [0.29, 0.717) is 23.6 Å². The number of amides is 1. The smallest absolute Gasteiger partial charge is 0.257 e. The van der Waals surface area contributed by atoms with Crippen molar-refractivity contribution in [2.45, 2.75) is 47.0 Å². The number of ether oxygens (including phenoxy) is 2. The summed E-state index contributed by atoms with van der Waals surface area (Å²) in [6.07, 6.45) is 1.85. The van der Waals surface area contributed by atoms with Gasteiger partial charge in [-0.2, -0.15) is 0 Å². The van der Waals surface area contributed by atoms with Crippen LogP contribution in [0.3, 0.4) is 0 Å². The Hall–Kier alpha value is -2.78. The number of benzene rings is 2. The minimum atomic E-state index is -3.93. The summed E-state index contributed by atoms with van der Waals surface area (Å²) in [5, 5.41) is 3.08. The van der Waals surface area contributed by atoms with E-state index >= 15 is 0 Å². The highest BCUT2D eigenvalue weighted by molar-refractivity contribution is 7.92. The van der Waals surface area contributed by atoms with Gasteiger partial charge in [-0.1, -0.05) is 37.6 Å². The van der Waals surface area contributed by atoms with Crippen molar-refractivity contribution in [3.63, 3.8) is 0 Å². The van der Waals surface area contributed by atoms with E-state index in [2.05, 4.69) is 10.0 Å². The minimum absolute atomic E-state index is 0.0248. The first-order chi connectivity index (χ1) is 17.4. The third kappa shape index (κ3) is 5.03. The zero-order valence-electron chi connectivity index (χ0n) is 21.5. The van der Waals surface area contributed by atoms with Crippen LogP contribution in [-0.2, 0) is 14.8 Å². The summed E-state index contributed by atoms with van der Waals surface area (Å²) in [6, 6.07) is 9.66. The molecular weight excluding hydrogens is 516 g/mol. The van der Waals surface area contributed by atoms with Crippen LogP contribution in [0.2, 0.25) is 5.02 Å². The maximum absolute atomic E-state index is 13.4. The van der Waals surface area contributed by atoms with Crippen LogP contribution < -0.4 is 19.5 Å². The van der Waals surface area contributed by atoms with Crippen molar-refractivity contribution in [2.24, 2.45) is 16.7 Å². The van der Waals surface area contributed by atoms with E-state index in [0.717, 1.165) is 6.42 Å². The number of hydrogen-bond acceptors (Lipinski definition) is 6. The summed E-state index contributed by atoms with van der Waals surface area (Å²) in [7, 11) is -3.93. The molecule has 200 valence electrons. The third-order valence-corrected chi connectivity index (χ3v) is 9.62. The summed E-state index contributed by atoms with van der Waals surface area (Å²) < 4.78 is 41.0.